The maximum absolute atomic E-state index is 9.77. The minimum atomic E-state index is 0.0194. The van der Waals surface area contributed by atoms with E-state index in [0.717, 1.165) is 63.6 Å². The van der Waals surface area contributed by atoms with Gasteiger partial charge in [-0.05, 0) is 49.9 Å². The molecular formula is C18H27ClN2O2. The Hall–Kier alpha value is -0.810. The third-order valence-corrected chi connectivity index (χ3v) is 5.59. The van der Waals surface area contributed by atoms with E-state index in [-0.39, 0.29) is 12.0 Å². The van der Waals surface area contributed by atoms with Crippen molar-refractivity contribution in [2.24, 2.45) is 5.41 Å². The van der Waals surface area contributed by atoms with E-state index in [2.05, 4.69) is 22.3 Å². The molecule has 1 aromatic rings. The van der Waals surface area contributed by atoms with Crippen LogP contribution in [0.3, 0.4) is 0 Å². The zero-order valence-corrected chi connectivity index (χ0v) is 14.4. The Labute approximate surface area is 143 Å². The monoisotopic (exact) mass is 338 g/mol. The van der Waals surface area contributed by atoms with Crippen LogP contribution in [0.4, 0.5) is 5.69 Å². The van der Waals surface area contributed by atoms with E-state index < -0.39 is 0 Å². The standard InChI is InChI=1S/C18H27ClN2O2/c19-15-1-3-17(4-2-15)21-9-5-16(6-10-21)20-13-18(14-22)7-11-23-12-8-18/h1-4,16,20,22H,5-14H2. The van der Waals surface area contributed by atoms with Crippen LogP contribution >= 0.6 is 11.6 Å². The zero-order chi connectivity index (χ0) is 16.1. The van der Waals surface area contributed by atoms with E-state index in [0.29, 0.717) is 6.04 Å². The maximum atomic E-state index is 9.77. The van der Waals surface area contributed by atoms with Crippen LogP contribution in [0, 0.1) is 5.41 Å². The van der Waals surface area contributed by atoms with Crippen molar-refractivity contribution in [3.8, 4) is 0 Å². The molecule has 4 nitrogen and oxygen atoms in total. The fraction of sp³-hybridized carbons (Fsp3) is 0.667. The van der Waals surface area contributed by atoms with Crippen molar-refractivity contribution in [1.29, 1.82) is 0 Å². The van der Waals surface area contributed by atoms with Crippen molar-refractivity contribution in [2.75, 3.05) is 44.4 Å². The topological polar surface area (TPSA) is 44.7 Å². The maximum Gasteiger partial charge on any atom is 0.0501 e. The van der Waals surface area contributed by atoms with Crippen molar-refractivity contribution in [2.45, 2.75) is 31.7 Å². The summed E-state index contributed by atoms with van der Waals surface area (Å²) in [4.78, 5) is 2.42. The van der Waals surface area contributed by atoms with Crippen LogP contribution in [0.2, 0.25) is 5.02 Å². The van der Waals surface area contributed by atoms with Crippen LogP contribution in [-0.2, 0) is 4.74 Å². The summed E-state index contributed by atoms with van der Waals surface area (Å²) in [6.45, 7) is 4.84. The van der Waals surface area contributed by atoms with Gasteiger partial charge in [0, 0.05) is 55.0 Å². The van der Waals surface area contributed by atoms with E-state index in [1.54, 1.807) is 0 Å². The van der Waals surface area contributed by atoms with Gasteiger partial charge in [0.05, 0.1) is 6.61 Å². The fourth-order valence-corrected chi connectivity index (χ4v) is 3.68. The smallest absolute Gasteiger partial charge is 0.0501 e. The Morgan fingerprint density at radius 3 is 2.43 bits per heavy atom. The number of piperidine rings is 1. The summed E-state index contributed by atoms with van der Waals surface area (Å²) in [7, 11) is 0. The molecule has 0 amide bonds. The second-order valence-electron chi connectivity index (χ2n) is 6.89. The lowest BCUT2D eigenvalue weighted by molar-refractivity contribution is -0.0168. The Balaban J connectivity index is 1.46. The molecule has 2 fully saturated rings. The Kier molecular flexibility index (Phi) is 5.81. The van der Waals surface area contributed by atoms with E-state index >= 15 is 0 Å². The summed E-state index contributed by atoms with van der Waals surface area (Å²) in [5.74, 6) is 0. The summed E-state index contributed by atoms with van der Waals surface area (Å²) in [5, 5.41) is 14.3. The number of ether oxygens (including phenoxy) is 1. The molecule has 0 saturated carbocycles. The molecule has 0 aliphatic carbocycles. The molecule has 1 aromatic carbocycles. The van der Waals surface area contributed by atoms with Crippen LogP contribution in [0.25, 0.3) is 0 Å². The first-order valence-corrected chi connectivity index (χ1v) is 9.01. The molecule has 2 aliphatic rings. The van der Waals surface area contributed by atoms with Gasteiger partial charge in [-0.15, -0.1) is 0 Å². The summed E-state index contributed by atoms with van der Waals surface area (Å²) < 4.78 is 5.43. The summed E-state index contributed by atoms with van der Waals surface area (Å²) in [6.07, 6.45) is 4.20. The highest BCUT2D eigenvalue weighted by molar-refractivity contribution is 6.30. The van der Waals surface area contributed by atoms with Crippen LogP contribution in [0.15, 0.2) is 24.3 Å². The number of aliphatic hydroxyl groups is 1. The lowest BCUT2D eigenvalue weighted by atomic mass is 9.80. The molecule has 0 aromatic heterocycles. The Morgan fingerprint density at radius 1 is 1.17 bits per heavy atom. The highest BCUT2D eigenvalue weighted by atomic mass is 35.5. The minimum absolute atomic E-state index is 0.0194. The minimum Gasteiger partial charge on any atom is -0.396 e. The van der Waals surface area contributed by atoms with Gasteiger partial charge in [0.2, 0.25) is 0 Å². The van der Waals surface area contributed by atoms with Crippen molar-refractivity contribution in [1.82, 2.24) is 5.32 Å². The summed E-state index contributed by atoms with van der Waals surface area (Å²) in [5.41, 5.74) is 1.27. The average molecular weight is 339 g/mol. The van der Waals surface area contributed by atoms with Crippen LogP contribution in [0.5, 0.6) is 0 Å². The third kappa shape index (κ3) is 4.38. The third-order valence-electron chi connectivity index (χ3n) is 5.34. The largest absolute Gasteiger partial charge is 0.396 e. The molecular weight excluding hydrogens is 312 g/mol. The fourth-order valence-electron chi connectivity index (χ4n) is 3.55. The molecule has 128 valence electrons. The Bertz CT molecular complexity index is 480. The summed E-state index contributed by atoms with van der Waals surface area (Å²) in [6, 6.07) is 8.65. The van der Waals surface area contributed by atoms with E-state index in [9.17, 15) is 5.11 Å². The number of halogens is 1. The predicted molar refractivity (Wildman–Crippen MR) is 94.3 cm³/mol. The molecule has 2 saturated heterocycles. The number of benzene rings is 1. The predicted octanol–water partition coefficient (Wildman–Crippen LogP) is 2.69. The van der Waals surface area contributed by atoms with E-state index in [1.807, 2.05) is 12.1 Å². The Morgan fingerprint density at radius 2 is 1.83 bits per heavy atom. The molecule has 0 atom stereocenters. The first kappa shape index (κ1) is 17.0. The number of hydrogen-bond acceptors (Lipinski definition) is 4. The first-order valence-electron chi connectivity index (χ1n) is 8.63. The number of rotatable bonds is 5. The van der Waals surface area contributed by atoms with E-state index in [4.69, 9.17) is 16.3 Å². The average Bonchev–Trinajstić information content (AvgIpc) is 2.62. The quantitative estimate of drug-likeness (QED) is 0.866. The highest BCUT2D eigenvalue weighted by Gasteiger charge is 2.32. The van der Waals surface area contributed by atoms with Crippen molar-refractivity contribution < 1.29 is 9.84 Å². The van der Waals surface area contributed by atoms with Crippen LogP contribution in [-0.4, -0.2) is 50.6 Å². The van der Waals surface area contributed by atoms with E-state index in [1.165, 1.54) is 5.69 Å². The molecule has 23 heavy (non-hydrogen) atoms. The number of anilines is 1. The van der Waals surface area contributed by atoms with Gasteiger partial charge in [-0.3, -0.25) is 0 Å². The van der Waals surface area contributed by atoms with Gasteiger partial charge in [0.1, 0.15) is 0 Å². The SMILES string of the molecule is OCC1(CNC2CCN(c3ccc(Cl)cc3)CC2)CCOCC1. The van der Waals surface area contributed by atoms with Gasteiger partial charge in [0.25, 0.3) is 0 Å². The number of nitrogens with one attached hydrogen (secondary N) is 1. The van der Waals surface area contributed by atoms with Gasteiger partial charge >= 0.3 is 0 Å². The van der Waals surface area contributed by atoms with Crippen LogP contribution in [0.1, 0.15) is 25.7 Å². The van der Waals surface area contributed by atoms with Crippen LogP contribution < -0.4 is 10.2 Å². The number of hydrogen-bond donors (Lipinski definition) is 2. The lowest BCUT2D eigenvalue weighted by Gasteiger charge is -2.39. The lowest BCUT2D eigenvalue weighted by Crippen LogP contribution is -2.48. The molecule has 0 unspecified atom stereocenters. The molecule has 2 aliphatic heterocycles. The molecule has 5 heteroatoms. The second-order valence-corrected chi connectivity index (χ2v) is 7.33. The molecule has 2 N–H and O–H groups in total. The normalized spacial score (nSPS) is 22.3. The molecule has 0 radical (unpaired) electrons. The molecule has 2 heterocycles. The number of nitrogens with zero attached hydrogens (tertiary/aromatic N) is 1. The summed E-state index contributed by atoms with van der Waals surface area (Å²) >= 11 is 5.96. The van der Waals surface area contributed by atoms with Gasteiger partial charge in [-0.2, -0.15) is 0 Å². The van der Waals surface area contributed by atoms with Crippen molar-refractivity contribution in [3.05, 3.63) is 29.3 Å². The highest BCUT2D eigenvalue weighted by Crippen LogP contribution is 2.30. The van der Waals surface area contributed by atoms with Gasteiger partial charge in [-0.1, -0.05) is 11.6 Å². The van der Waals surface area contributed by atoms with Gasteiger partial charge in [0.15, 0.2) is 0 Å². The second kappa shape index (κ2) is 7.84. The van der Waals surface area contributed by atoms with Gasteiger partial charge in [-0.25, -0.2) is 0 Å². The molecule has 0 spiro atoms. The van der Waals surface area contributed by atoms with Gasteiger partial charge < -0.3 is 20.1 Å². The van der Waals surface area contributed by atoms with Crippen molar-refractivity contribution >= 4 is 17.3 Å². The molecule has 0 bridgehead atoms. The van der Waals surface area contributed by atoms with Crippen molar-refractivity contribution in [3.63, 3.8) is 0 Å². The molecule has 3 rings (SSSR count). The number of aliphatic hydroxyl groups excluding tert-OH is 1. The first-order chi connectivity index (χ1) is 11.2. The zero-order valence-electron chi connectivity index (χ0n) is 13.6.